The summed E-state index contributed by atoms with van der Waals surface area (Å²) in [7, 11) is 0. The quantitative estimate of drug-likeness (QED) is 0.788. The molecule has 0 bridgehead atoms. The Hall–Kier alpha value is -2.83. The summed E-state index contributed by atoms with van der Waals surface area (Å²) in [4.78, 5) is 31.8. The van der Waals surface area contributed by atoms with E-state index in [1.807, 2.05) is 29.7 Å². The van der Waals surface area contributed by atoms with E-state index in [4.69, 9.17) is 0 Å². The zero-order valence-electron chi connectivity index (χ0n) is 17.0. The molecular weight excluding hydrogens is 366 g/mol. The molecule has 0 aliphatic carbocycles. The maximum atomic E-state index is 12.6. The van der Waals surface area contributed by atoms with Crippen LogP contribution in [-0.4, -0.2) is 40.5 Å². The summed E-state index contributed by atoms with van der Waals surface area (Å²) < 4.78 is 2.00. The fraction of sp³-hybridized carbons (Fsp3) is 0.500. The number of fused-ring (bicyclic) bond motifs is 1. The Kier molecular flexibility index (Phi) is 5.83. The van der Waals surface area contributed by atoms with Crippen molar-refractivity contribution in [3.05, 3.63) is 42.0 Å². The van der Waals surface area contributed by atoms with E-state index in [0.29, 0.717) is 5.69 Å². The number of benzene rings is 1. The van der Waals surface area contributed by atoms with Crippen LogP contribution in [0.5, 0.6) is 0 Å². The summed E-state index contributed by atoms with van der Waals surface area (Å²) in [5.41, 5.74) is 2.53. The largest absolute Gasteiger partial charge is 0.371 e. The minimum Gasteiger partial charge on any atom is -0.371 e. The zero-order valence-corrected chi connectivity index (χ0v) is 17.0. The lowest BCUT2D eigenvalue weighted by Crippen LogP contribution is -2.36. The standard InChI is InChI=1S/C22H29N5O2/c1-16(24-22(29)19-15-23-20-9-2-3-12-27(19)20)13-21(28)25-17-7-6-8-18(14-17)26-10-4-5-11-26/h6-8,14-16H,2-5,9-13H2,1H3,(H,24,29)(H,25,28)/t16-/m0/s1. The molecule has 2 amide bonds. The number of nitrogens with one attached hydrogen (secondary N) is 2. The fourth-order valence-corrected chi connectivity index (χ4v) is 4.19. The molecule has 0 radical (unpaired) electrons. The van der Waals surface area contributed by atoms with Gasteiger partial charge in [0.15, 0.2) is 0 Å². The smallest absolute Gasteiger partial charge is 0.269 e. The zero-order chi connectivity index (χ0) is 20.2. The monoisotopic (exact) mass is 395 g/mol. The number of hydrogen-bond donors (Lipinski definition) is 2. The molecule has 2 N–H and O–H groups in total. The van der Waals surface area contributed by atoms with E-state index in [1.165, 1.54) is 12.8 Å². The lowest BCUT2D eigenvalue weighted by Gasteiger charge is -2.19. The second kappa shape index (κ2) is 8.68. The topological polar surface area (TPSA) is 79.3 Å². The molecule has 2 aliphatic heterocycles. The number of carbonyl (C=O) groups excluding carboxylic acids is 2. The van der Waals surface area contributed by atoms with Crippen molar-refractivity contribution in [2.24, 2.45) is 0 Å². The van der Waals surface area contributed by atoms with Gasteiger partial charge in [0.2, 0.25) is 5.91 Å². The number of nitrogens with zero attached hydrogens (tertiary/aromatic N) is 3. The normalized spacial score (nSPS) is 16.9. The highest BCUT2D eigenvalue weighted by atomic mass is 16.2. The molecule has 2 aromatic rings. The molecule has 1 aromatic heterocycles. The van der Waals surface area contributed by atoms with E-state index < -0.39 is 0 Å². The molecule has 1 saturated heterocycles. The minimum atomic E-state index is -0.265. The highest BCUT2D eigenvalue weighted by molar-refractivity contribution is 5.94. The average Bonchev–Trinajstić information content (AvgIpc) is 3.38. The maximum absolute atomic E-state index is 12.6. The van der Waals surface area contributed by atoms with Gasteiger partial charge in [-0.3, -0.25) is 9.59 Å². The van der Waals surface area contributed by atoms with E-state index in [0.717, 1.165) is 56.1 Å². The summed E-state index contributed by atoms with van der Waals surface area (Å²) >= 11 is 0. The number of carbonyl (C=O) groups is 2. The van der Waals surface area contributed by atoms with Gasteiger partial charge in [-0.25, -0.2) is 4.98 Å². The molecule has 2 aliphatic rings. The minimum absolute atomic E-state index is 0.105. The van der Waals surface area contributed by atoms with Crippen LogP contribution in [0.25, 0.3) is 0 Å². The Morgan fingerprint density at radius 3 is 2.76 bits per heavy atom. The molecule has 0 unspecified atom stereocenters. The van der Waals surface area contributed by atoms with E-state index >= 15 is 0 Å². The molecule has 0 saturated carbocycles. The van der Waals surface area contributed by atoms with Crippen LogP contribution in [0, 0.1) is 0 Å². The lowest BCUT2D eigenvalue weighted by molar-refractivity contribution is -0.116. The van der Waals surface area contributed by atoms with Gasteiger partial charge in [0.25, 0.3) is 5.91 Å². The van der Waals surface area contributed by atoms with Gasteiger partial charge in [0.1, 0.15) is 11.5 Å². The molecule has 1 aromatic carbocycles. The number of imidazole rings is 1. The molecule has 154 valence electrons. The van der Waals surface area contributed by atoms with Crippen molar-refractivity contribution in [2.75, 3.05) is 23.3 Å². The average molecular weight is 396 g/mol. The van der Waals surface area contributed by atoms with Gasteiger partial charge >= 0.3 is 0 Å². The third-order valence-electron chi connectivity index (χ3n) is 5.67. The van der Waals surface area contributed by atoms with Crippen LogP contribution in [0.3, 0.4) is 0 Å². The molecule has 7 nitrogen and oxygen atoms in total. The predicted octanol–water partition coefficient (Wildman–Crippen LogP) is 2.97. The Bertz CT molecular complexity index is 885. The van der Waals surface area contributed by atoms with Crippen molar-refractivity contribution >= 4 is 23.2 Å². The van der Waals surface area contributed by atoms with Crippen LogP contribution in [0.15, 0.2) is 30.5 Å². The molecule has 1 fully saturated rings. The first-order chi connectivity index (χ1) is 14.1. The molecule has 7 heteroatoms. The highest BCUT2D eigenvalue weighted by Gasteiger charge is 2.21. The van der Waals surface area contributed by atoms with Crippen LogP contribution in [0.2, 0.25) is 0 Å². The van der Waals surface area contributed by atoms with Crippen molar-refractivity contribution in [3.8, 4) is 0 Å². The summed E-state index contributed by atoms with van der Waals surface area (Å²) in [6, 6.07) is 7.71. The summed E-state index contributed by atoms with van der Waals surface area (Å²) in [5, 5.41) is 5.90. The number of anilines is 2. The van der Waals surface area contributed by atoms with Crippen LogP contribution in [0.1, 0.15) is 55.3 Å². The Morgan fingerprint density at radius 2 is 1.93 bits per heavy atom. The van der Waals surface area contributed by atoms with Gasteiger partial charge in [0.05, 0.1) is 6.20 Å². The van der Waals surface area contributed by atoms with Gasteiger partial charge in [-0.2, -0.15) is 0 Å². The van der Waals surface area contributed by atoms with Gasteiger partial charge in [0, 0.05) is 49.9 Å². The first-order valence-corrected chi connectivity index (χ1v) is 10.6. The van der Waals surface area contributed by atoms with Crippen molar-refractivity contribution in [1.82, 2.24) is 14.9 Å². The highest BCUT2D eigenvalue weighted by Crippen LogP contribution is 2.23. The summed E-state index contributed by atoms with van der Waals surface area (Å²) in [5.74, 6) is 0.707. The maximum Gasteiger partial charge on any atom is 0.269 e. The van der Waals surface area contributed by atoms with Crippen LogP contribution >= 0.6 is 0 Å². The van der Waals surface area contributed by atoms with Gasteiger partial charge in [-0.15, -0.1) is 0 Å². The first kappa shape index (κ1) is 19.5. The van der Waals surface area contributed by atoms with E-state index in [1.54, 1.807) is 6.20 Å². The number of hydrogen-bond acceptors (Lipinski definition) is 4. The molecule has 29 heavy (non-hydrogen) atoms. The molecule has 3 heterocycles. The van der Waals surface area contributed by atoms with E-state index in [9.17, 15) is 9.59 Å². The second-order valence-electron chi connectivity index (χ2n) is 8.04. The van der Waals surface area contributed by atoms with Gasteiger partial charge < -0.3 is 20.1 Å². The Balaban J connectivity index is 1.31. The fourth-order valence-electron chi connectivity index (χ4n) is 4.19. The van der Waals surface area contributed by atoms with Gasteiger partial charge in [-0.05, 0) is 50.8 Å². The van der Waals surface area contributed by atoms with Gasteiger partial charge in [-0.1, -0.05) is 6.07 Å². The molecule has 1 atom stereocenters. The van der Waals surface area contributed by atoms with Crippen LogP contribution in [0.4, 0.5) is 11.4 Å². The van der Waals surface area contributed by atoms with E-state index in [-0.39, 0.29) is 24.3 Å². The number of amides is 2. The van der Waals surface area contributed by atoms with Crippen molar-refractivity contribution in [1.29, 1.82) is 0 Å². The molecular formula is C22H29N5O2. The Labute approximate surface area is 171 Å². The summed E-state index contributed by atoms with van der Waals surface area (Å²) in [6.07, 6.45) is 7.41. The number of aromatic nitrogens is 2. The number of rotatable bonds is 6. The first-order valence-electron chi connectivity index (χ1n) is 10.6. The second-order valence-corrected chi connectivity index (χ2v) is 8.04. The SMILES string of the molecule is C[C@@H](CC(=O)Nc1cccc(N2CCCC2)c1)NC(=O)c1cnc2n1CCCC2. The van der Waals surface area contributed by atoms with Crippen LogP contribution in [-0.2, 0) is 17.8 Å². The van der Waals surface area contributed by atoms with Crippen molar-refractivity contribution in [2.45, 2.75) is 58.0 Å². The number of aryl methyl sites for hydroxylation is 1. The van der Waals surface area contributed by atoms with Crippen molar-refractivity contribution < 1.29 is 9.59 Å². The molecule has 0 spiro atoms. The lowest BCUT2D eigenvalue weighted by atomic mass is 10.1. The third-order valence-corrected chi connectivity index (χ3v) is 5.67. The van der Waals surface area contributed by atoms with Crippen molar-refractivity contribution in [3.63, 3.8) is 0 Å². The summed E-state index contributed by atoms with van der Waals surface area (Å²) in [6.45, 7) is 4.82. The predicted molar refractivity (Wildman–Crippen MR) is 113 cm³/mol. The van der Waals surface area contributed by atoms with Crippen LogP contribution < -0.4 is 15.5 Å². The molecule has 4 rings (SSSR count). The third kappa shape index (κ3) is 4.60. The Morgan fingerprint density at radius 1 is 1.14 bits per heavy atom. The van der Waals surface area contributed by atoms with E-state index in [2.05, 4.69) is 26.6 Å².